The molecule has 138 valence electrons. The van der Waals surface area contributed by atoms with Gasteiger partial charge in [-0.1, -0.05) is 0 Å². The minimum absolute atomic E-state index is 0.246. The third-order valence-electron chi connectivity index (χ3n) is 4.23. The van der Waals surface area contributed by atoms with Gasteiger partial charge >= 0.3 is 0 Å². The fourth-order valence-corrected chi connectivity index (χ4v) is 4.50. The van der Waals surface area contributed by atoms with E-state index in [2.05, 4.69) is 15.6 Å². The second-order valence-electron chi connectivity index (χ2n) is 6.09. The molecule has 0 aliphatic carbocycles. The summed E-state index contributed by atoms with van der Waals surface area (Å²) in [5.74, 6) is 1.20. The normalized spacial score (nSPS) is 21.5. The van der Waals surface area contributed by atoms with Crippen LogP contribution in [-0.4, -0.2) is 81.1 Å². The first-order valence-electron chi connectivity index (χ1n) is 8.80. The summed E-state index contributed by atoms with van der Waals surface area (Å²) in [6.45, 7) is 6.62. The van der Waals surface area contributed by atoms with Crippen LogP contribution in [-0.2, 0) is 14.8 Å². The van der Waals surface area contributed by atoms with Crippen LogP contribution in [0.3, 0.4) is 0 Å². The predicted octanol–water partition coefficient (Wildman–Crippen LogP) is -0.410. The van der Waals surface area contributed by atoms with Crippen LogP contribution in [0.25, 0.3) is 0 Å². The lowest BCUT2D eigenvalue weighted by atomic mass is 10.4. The number of carbonyl (C=O) groups excluding carboxylic acids is 1. The number of likely N-dealkylation sites (tertiary alicyclic amines) is 1. The molecule has 1 amide bonds. The highest BCUT2D eigenvalue weighted by Gasteiger charge is 2.27. The molecule has 0 bridgehead atoms. The van der Waals surface area contributed by atoms with Crippen molar-refractivity contribution in [2.24, 2.45) is 4.99 Å². The van der Waals surface area contributed by atoms with E-state index in [-0.39, 0.29) is 11.7 Å². The van der Waals surface area contributed by atoms with Crippen molar-refractivity contribution in [2.45, 2.75) is 32.6 Å². The Bertz CT molecular complexity index is 549. The van der Waals surface area contributed by atoms with Crippen LogP contribution >= 0.6 is 0 Å². The van der Waals surface area contributed by atoms with Crippen molar-refractivity contribution in [2.75, 3.05) is 51.6 Å². The SMILES string of the molecule is CCNC(=NCCCN1CCCC1=O)NCCN1CCCS1(=O)=O. The standard InChI is InChI=1S/C15H29N5O3S/c1-2-16-15(17-7-4-10-19-9-3-6-14(19)21)18-8-12-20-11-5-13-24(20,22)23/h2-13H2,1H3,(H2,16,17,18). The molecule has 0 radical (unpaired) electrons. The van der Waals surface area contributed by atoms with Crippen LogP contribution in [0.1, 0.15) is 32.6 Å². The lowest BCUT2D eigenvalue weighted by Crippen LogP contribution is -2.42. The van der Waals surface area contributed by atoms with Gasteiger partial charge in [0.15, 0.2) is 5.96 Å². The quantitative estimate of drug-likeness (QED) is 0.349. The molecule has 0 aromatic carbocycles. The number of sulfonamides is 1. The molecule has 0 spiro atoms. The molecule has 2 N–H and O–H groups in total. The molecule has 2 fully saturated rings. The lowest BCUT2D eigenvalue weighted by Gasteiger charge is -2.17. The Morgan fingerprint density at radius 1 is 1.21 bits per heavy atom. The Hall–Kier alpha value is -1.35. The molecule has 0 unspecified atom stereocenters. The molecule has 2 heterocycles. The number of hydrogen-bond acceptors (Lipinski definition) is 4. The van der Waals surface area contributed by atoms with Crippen LogP contribution in [0.15, 0.2) is 4.99 Å². The first-order valence-corrected chi connectivity index (χ1v) is 10.4. The molecule has 0 atom stereocenters. The minimum Gasteiger partial charge on any atom is -0.357 e. The highest BCUT2D eigenvalue weighted by Crippen LogP contribution is 2.11. The van der Waals surface area contributed by atoms with Crippen molar-refractivity contribution in [3.63, 3.8) is 0 Å². The fraction of sp³-hybridized carbons (Fsp3) is 0.867. The molecule has 2 rings (SSSR count). The van der Waals surface area contributed by atoms with Gasteiger partial charge in [0.25, 0.3) is 0 Å². The first-order chi connectivity index (χ1) is 11.5. The van der Waals surface area contributed by atoms with Gasteiger partial charge in [-0.2, -0.15) is 0 Å². The number of nitrogens with one attached hydrogen (secondary N) is 2. The maximum atomic E-state index is 11.7. The summed E-state index contributed by atoms with van der Waals surface area (Å²) in [6.07, 6.45) is 3.19. The van der Waals surface area contributed by atoms with Crippen molar-refractivity contribution in [3.8, 4) is 0 Å². The zero-order valence-corrected chi connectivity index (χ0v) is 15.3. The minimum atomic E-state index is -3.04. The third kappa shape index (κ3) is 5.62. The average Bonchev–Trinajstić information content (AvgIpc) is 3.09. The molecular weight excluding hydrogens is 330 g/mol. The molecule has 24 heavy (non-hydrogen) atoms. The third-order valence-corrected chi connectivity index (χ3v) is 6.19. The maximum Gasteiger partial charge on any atom is 0.222 e. The van der Waals surface area contributed by atoms with Crippen LogP contribution in [0.5, 0.6) is 0 Å². The molecule has 9 heteroatoms. The van der Waals surface area contributed by atoms with Gasteiger partial charge in [-0.25, -0.2) is 12.7 Å². The van der Waals surface area contributed by atoms with E-state index in [1.54, 1.807) is 0 Å². The van der Waals surface area contributed by atoms with Crippen molar-refractivity contribution in [1.29, 1.82) is 0 Å². The second-order valence-corrected chi connectivity index (χ2v) is 8.18. The molecule has 8 nitrogen and oxygen atoms in total. The van der Waals surface area contributed by atoms with E-state index in [0.717, 1.165) is 32.5 Å². The Morgan fingerprint density at radius 3 is 2.67 bits per heavy atom. The van der Waals surface area contributed by atoms with Crippen molar-refractivity contribution >= 4 is 21.9 Å². The smallest absolute Gasteiger partial charge is 0.222 e. The average molecular weight is 359 g/mol. The van der Waals surface area contributed by atoms with E-state index < -0.39 is 10.0 Å². The number of aliphatic imine (C=N–C) groups is 1. The Morgan fingerprint density at radius 2 is 2.04 bits per heavy atom. The van der Waals surface area contributed by atoms with Gasteiger partial charge in [-0.3, -0.25) is 9.79 Å². The highest BCUT2D eigenvalue weighted by atomic mass is 32.2. The molecule has 0 aromatic rings. The van der Waals surface area contributed by atoms with Gasteiger partial charge in [-0.15, -0.1) is 0 Å². The van der Waals surface area contributed by atoms with Gasteiger partial charge in [-0.05, 0) is 26.2 Å². The summed E-state index contributed by atoms with van der Waals surface area (Å²) in [4.78, 5) is 17.9. The molecule has 0 aromatic heterocycles. The number of rotatable bonds is 8. The summed E-state index contributed by atoms with van der Waals surface area (Å²) in [7, 11) is -3.04. The Balaban J connectivity index is 1.69. The van der Waals surface area contributed by atoms with E-state index in [4.69, 9.17) is 0 Å². The number of guanidine groups is 1. The van der Waals surface area contributed by atoms with E-state index in [9.17, 15) is 13.2 Å². The van der Waals surface area contributed by atoms with E-state index in [1.807, 2.05) is 11.8 Å². The Kier molecular flexibility index (Phi) is 7.29. The summed E-state index contributed by atoms with van der Waals surface area (Å²) >= 11 is 0. The highest BCUT2D eigenvalue weighted by molar-refractivity contribution is 7.89. The topological polar surface area (TPSA) is 94.1 Å². The summed E-state index contributed by atoms with van der Waals surface area (Å²) in [5.41, 5.74) is 0. The summed E-state index contributed by atoms with van der Waals surface area (Å²) in [5, 5.41) is 6.33. The van der Waals surface area contributed by atoms with Crippen molar-refractivity contribution in [3.05, 3.63) is 0 Å². The number of nitrogens with zero attached hydrogens (tertiary/aromatic N) is 3. The lowest BCUT2D eigenvalue weighted by molar-refractivity contribution is -0.127. The number of hydrogen-bond donors (Lipinski definition) is 2. The van der Waals surface area contributed by atoms with Gasteiger partial charge in [0.05, 0.1) is 5.75 Å². The summed E-state index contributed by atoms with van der Waals surface area (Å²) < 4.78 is 25.0. The molecule has 2 aliphatic rings. The molecule has 0 saturated carbocycles. The maximum absolute atomic E-state index is 11.7. The van der Waals surface area contributed by atoms with Crippen LogP contribution in [0.2, 0.25) is 0 Å². The van der Waals surface area contributed by atoms with Gasteiger partial charge < -0.3 is 15.5 Å². The van der Waals surface area contributed by atoms with Crippen molar-refractivity contribution < 1.29 is 13.2 Å². The van der Waals surface area contributed by atoms with E-state index in [0.29, 0.717) is 45.0 Å². The molecule has 2 saturated heterocycles. The second kappa shape index (κ2) is 9.22. The van der Waals surface area contributed by atoms with Gasteiger partial charge in [0.2, 0.25) is 15.9 Å². The number of carbonyl (C=O) groups is 1. The number of amides is 1. The molecule has 2 aliphatic heterocycles. The first kappa shape index (κ1) is 19.0. The van der Waals surface area contributed by atoms with Gasteiger partial charge in [0, 0.05) is 52.2 Å². The van der Waals surface area contributed by atoms with E-state index in [1.165, 1.54) is 4.31 Å². The van der Waals surface area contributed by atoms with Crippen LogP contribution < -0.4 is 10.6 Å². The zero-order valence-electron chi connectivity index (χ0n) is 14.5. The predicted molar refractivity (Wildman–Crippen MR) is 94.4 cm³/mol. The van der Waals surface area contributed by atoms with Crippen LogP contribution in [0, 0.1) is 0 Å². The fourth-order valence-electron chi connectivity index (χ4n) is 2.98. The molecular formula is C15H29N5O3S. The van der Waals surface area contributed by atoms with Crippen molar-refractivity contribution in [1.82, 2.24) is 19.8 Å². The summed E-state index contributed by atoms with van der Waals surface area (Å²) in [6, 6.07) is 0. The van der Waals surface area contributed by atoms with E-state index >= 15 is 0 Å². The largest absolute Gasteiger partial charge is 0.357 e. The zero-order chi connectivity index (χ0) is 17.4. The van der Waals surface area contributed by atoms with Gasteiger partial charge in [0.1, 0.15) is 0 Å². The van der Waals surface area contributed by atoms with Crippen LogP contribution in [0.4, 0.5) is 0 Å². The monoisotopic (exact) mass is 359 g/mol. The Labute approximate surface area is 144 Å².